The lowest BCUT2D eigenvalue weighted by Gasteiger charge is -2.06. The number of rotatable bonds is 6. The van der Waals surface area contributed by atoms with Gasteiger partial charge < -0.3 is 10.1 Å². The van der Waals surface area contributed by atoms with Crippen molar-refractivity contribution in [1.82, 2.24) is 15.3 Å². The summed E-state index contributed by atoms with van der Waals surface area (Å²) in [5.41, 5.74) is 2.07. The molecule has 0 unspecified atom stereocenters. The summed E-state index contributed by atoms with van der Waals surface area (Å²) in [4.78, 5) is 20.2. The zero-order valence-corrected chi connectivity index (χ0v) is 11.9. The highest BCUT2D eigenvalue weighted by molar-refractivity contribution is 9.09. The zero-order chi connectivity index (χ0) is 13.5. The Kier molecular flexibility index (Phi) is 5.23. The minimum Gasteiger partial charge on any atom is -0.379 e. The molecule has 6 heteroatoms. The van der Waals surface area contributed by atoms with E-state index in [1.54, 1.807) is 30.6 Å². The maximum absolute atomic E-state index is 11.9. The Labute approximate surface area is 119 Å². The molecule has 1 heterocycles. The number of benzene rings is 1. The Hall–Kier alpha value is -1.53. The molecule has 0 atom stereocenters. The molecule has 2 rings (SSSR count). The normalized spacial score (nSPS) is 10.6. The SMILES string of the molecule is O=C(NCCOCCBr)c1ccc2nccnc2c1. The molecule has 19 heavy (non-hydrogen) atoms. The van der Waals surface area contributed by atoms with Gasteiger partial charge >= 0.3 is 0 Å². The zero-order valence-electron chi connectivity index (χ0n) is 10.3. The molecule has 0 radical (unpaired) electrons. The van der Waals surface area contributed by atoms with Crippen molar-refractivity contribution in [2.45, 2.75) is 0 Å². The average Bonchev–Trinajstić information content (AvgIpc) is 2.46. The molecular formula is C13H14BrN3O2. The molecule has 0 bridgehead atoms. The van der Waals surface area contributed by atoms with Crippen LogP contribution in [0.25, 0.3) is 11.0 Å². The van der Waals surface area contributed by atoms with Crippen LogP contribution in [0, 0.1) is 0 Å². The van der Waals surface area contributed by atoms with Crippen molar-refractivity contribution in [2.75, 3.05) is 25.1 Å². The fourth-order valence-corrected chi connectivity index (χ4v) is 1.83. The highest BCUT2D eigenvalue weighted by Crippen LogP contribution is 2.10. The average molecular weight is 324 g/mol. The molecule has 1 aromatic heterocycles. The molecule has 2 aromatic rings. The van der Waals surface area contributed by atoms with Gasteiger partial charge in [0.25, 0.3) is 5.91 Å². The molecule has 1 N–H and O–H groups in total. The molecule has 0 fully saturated rings. The van der Waals surface area contributed by atoms with Gasteiger partial charge in [0, 0.05) is 29.8 Å². The largest absolute Gasteiger partial charge is 0.379 e. The minimum absolute atomic E-state index is 0.130. The van der Waals surface area contributed by atoms with Crippen LogP contribution in [0.2, 0.25) is 0 Å². The Bertz CT molecular complexity index is 562. The lowest BCUT2D eigenvalue weighted by Crippen LogP contribution is -2.27. The van der Waals surface area contributed by atoms with E-state index in [0.717, 1.165) is 10.8 Å². The van der Waals surface area contributed by atoms with Gasteiger partial charge in [0.1, 0.15) is 0 Å². The van der Waals surface area contributed by atoms with Gasteiger partial charge in [-0.15, -0.1) is 0 Å². The van der Waals surface area contributed by atoms with Gasteiger partial charge in [0.2, 0.25) is 0 Å². The van der Waals surface area contributed by atoms with Gasteiger partial charge in [-0.05, 0) is 18.2 Å². The first-order valence-corrected chi connectivity index (χ1v) is 7.06. The molecule has 0 aliphatic rings. The molecule has 0 aliphatic carbocycles. The topological polar surface area (TPSA) is 64.1 Å². The lowest BCUT2D eigenvalue weighted by molar-refractivity contribution is 0.0924. The lowest BCUT2D eigenvalue weighted by atomic mass is 10.2. The van der Waals surface area contributed by atoms with Crippen LogP contribution in [0.5, 0.6) is 0 Å². The number of alkyl halides is 1. The van der Waals surface area contributed by atoms with E-state index in [1.807, 2.05) is 0 Å². The minimum atomic E-state index is -0.130. The van der Waals surface area contributed by atoms with E-state index in [1.165, 1.54) is 0 Å². The summed E-state index contributed by atoms with van der Waals surface area (Å²) in [6.07, 6.45) is 3.24. The molecule has 1 amide bonds. The summed E-state index contributed by atoms with van der Waals surface area (Å²) in [6.45, 7) is 1.64. The number of hydrogen-bond acceptors (Lipinski definition) is 4. The first-order chi connectivity index (χ1) is 9.31. The number of amides is 1. The first kappa shape index (κ1) is 13.9. The maximum atomic E-state index is 11.9. The molecule has 1 aromatic carbocycles. The van der Waals surface area contributed by atoms with Crippen molar-refractivity contribution in [3.05, 3.63) is 36.2 Å². The van der Waals surface area contributed by atoms with Crippen LogP contribution in [-0.4, -0.2) is 41.0 Å². The van der Waals surface area contributed by atoms with Gasteiger partial charge in [-0.2, -0.15) is 0 Å². The summed E-state index contributed by atoms with van der Waals surface area (Å²) in [5, 5.41) is 3.59. The van der Waals surface area contributed by atoms with Gasteiger partial charge in [-0.3, -0.25) is 14.8 Å². The van der Waals surface area contributed by atoms with E-state index in [4.69, 9.17) is 4.74 Å². The molecule has 0 saturated carbocycles. The van der Waals surface area contributed by atoms with Crippen molar-refractivity contribution in [1.29, 1.82) is 0 Å². The molecule has 0 aliphatic heterocycles. The predicted molar refractivity (Wildman–Crippen MR) is 76.5 cm³/mol. The Balaban J connectivity index is 1.93. The standard InChI is InChI=1S/C13H14BrN3O2/c14-3-7-19-8-6-17-13(18)10-1-2-11-12(9-10)16-5-4-15-11/h1-2,4-5,9H,3,6-8H2,(H,17,18). The van der Waals surface area contributed by atoms with Gasteiger partial charge in [-0.25, -0.2) is 0 Å². The summed E-state index contributed by atoms with van der Waals surface area (Å²) < 4.78 is 5.26. The number of ether oxygens (including phenoxy) is 1. The number of carbonyl (C=O) groups excluding carboxylic acids is 1. The second-order valence-electron chi connectivity index (χ2n) is 3.82. The van der Waals surface area contributed by atoms with Crippen LogP contribution in [0.1, 0.15) is 10.4 Å². The van der Waals surface area contributed by atoms with Crippen molar-refractivity contribution >= 4 is 32.9 Å². The predicted octanol–water partition coefficient (Wildman–Crippen LogP) is 1.77. The summed E-state index contributed by atoms with van der Waals surface area (Å²) in [6, 6.07) is 5.27. The van der Waals surface area contributed by atoms with Crippen LogP contribution >= 0.6 is 15.9 Å². The van der Waals surface area contributed by atoms with Crippen LogP contribution < -0.4 is 5.32 Å². The monoisotopic (exact) mass is 323 g/mol. The van der Waals surface area contributed by atoms with E-state index >= 15 is 0 Å². The van der Waals surface area contributed by atoms with Gasteiger partial charge in [0.15, 0.2) is 0 Å². The van der Waals surface area contributed by atoms with Gasteiger partial charge in [-0.1, -0.05) is 15.9 Å². The van der Waals surface area contributed by atoms with Crippen LogP contribution in [0.3, 0.4) is 0 Å². The van der Waals surface area contributed by atoms with Crippen molar-refractivity contribution in [3.63, 3.8) is 0 Å². The number of nitrogens with one attached hydrogen (secondary N) is 1. The smallest absolute Gasteiger partial charge is 0.251 e. The van der Waals surface area contributed by atoms with E-state index in [0.29, 0.717) is 30.8 Å². The third kappa shape index (κ3) is 3.97. The fourth-order valence-electron chi connectivity index (χ4n) is 1.60. The molecule has 0 saturated heterocycles. The highest BCUT2D eigenvalue weighted by atomic mass is 79.9. The van der Waals surface area contributed by atoms with Gasteiger partial charge in [0.05, 0.1) is 24.2 Å². The number of nitrogens with zero attached hydrogens (tertiary/aromatic N) is 2. The molecular weight excluding hydrogens is 310 g/mol. The van der Waals surface area contributed by atoms with Crippen molar-refractivity contribution in [3.8, 4) is 0 Å². The Morgan fingerprint density at radius 3 is 2.79 bits per heavy atom. The Morgan fingerprint density at radius 2 is 2.00 bits per heavy atom. The summed E-state index contributed by atoms with van der Waals surface area (Å²) >= 11 is 3.26. The quantitative estimate of drug-likeness (QED) is 0.650. The summed E-state index contributed by atoms with van der Waals surface area (Å²) in [5.74, 6) is -0.130. The van der Waals surface area contributed by atoms with Crippen molar-refractivity contribution in [2.24, 2.45) is 0 Å². The van der Waals surface area contributed by atoms with E-state index in [-0.39, 0.29) is 5.91 Å². The summed E-state index contributed by atoms with van der Waals surface area (Å²) in [7, 11) is 0. The molecule has 100 valence electrons. The van der Waals surface area contributed by atoms with Crippen LogP contribution in [-0.2, 0) is 4.74 Å². The fraction of sp³-hybridized carbons (Fsp3) is 0.308. The Morgan fingerprint density at radius 1 is 1.21 bits per heavy atom. The van der Waals surface area contributed by atoms with Crippen molar-refractivity contribution < 1.29 is 9.53 Å². The van der Waals surface area contributed by atoms with E-state index in [9.17, 15) is 4.79 Å². The third-order valence-corrected chi connectivity index (χ3v) is 2.81. The first-order valence-electron chi connectivity index (χ1n) is 5.94. The molecule has 5 nitrogen and oxygen atoms in total. The maximum Gasteiger partial charge on any atom is 0.251 e. The third-order valence-electron chi connectivity index (χ3n) is 2.48. The van der Waals surface area contributed by atoms with Crippen LogP contribution in [0.4, 0.5) is 0 Å². The number of halogens is 1. The number of aromatic nitrogens is 2. The number of hydrogen-bond donors (Lipinski definition) is 1. The molecule has 0 spiro atoms. The number of fused-ring (bicyclic) bond motifs is 1. The van der Waals surface area contributed by atoms with Crippen LogP contribution in [0.15, 0.2) is 30.6 Å². The number of carbonyl (C=O) groups is 1. The second kappa shape index (κ2) is 7.16. The van der Waals surface area contributed by atoms with E-state index in [2.05, 4.69) is 31.2 Å². The highest BCUT2D eigenvalue weighted by Gasteiger charge is 2.06. The van der Waals surface area contributed by atoms with E-state index < -0.39 is 0 Å². The second-order valence-corrected chi connectivity index (χ2v) is 4.61.